The van der Waals surface area contributed by atoms with Crippen LogP contribution < -0.4 is 4.74 Å². The van der Waals surface area contributed by atoms with Gasteiger partial charge in [0.15, 0.2) is 0 Å². The van der Waals surface area contributed by atoms with Crippen LogP contribution in [0.4, 0.5) is 0 Å². The molecule has 0 N–H and O–H groups in total. The van der Waals surface area contributed by atoms with Gasteiger partial charge < -0.3 is 9.15 Å². The fourth-order valence-corrected chi connectivity index (χ4v) is 4.94. The first-order chi connectivity index (χ1) is 16.8. The van der Waals surface area contributed by atoms with E-state index in [0.29, 0.717) is 0 Å². The summed E-state index contributed by atoms with van der Waals surface area (Å²) in [7, 11) is 0. The van der Waals surface area contributed by atoms with Crippen molar-refractivity contribution in [2.75, 3.05) is 0 Å². The Balaban J connectivity index is 1.38. The van der Waals surface area contributed by atoms with Gasteiger partial charge in [-0.15, -0.1) is 0 Å². The molecular formula is C32H20O2. The lowest BCUT2D eigenvalue weighted by Crippen LogP contribution is -1.97. The monoisotopic (exact) mass is 436 g/mol. The molecule has 2 heterocycles. The molecule has 0 aliphatic carbocycles. The Hall–Kier alpha value is -4.56. The van der Waals surface area contributed by atoms with E-state index in [1.807, 2.05) is 30.3 Å². The summed E-state index contributed by atoms with van der Waals surface area (Å²) in [5.74, 6) is 3.50. The average Bonchev–Trinajstić information content (AvgIpc) is 3.40. The number of para-hydroxylation sites is 1. The minimum atomic E-state index is 0.852. The molecule has 2 heteroatoms. The second-order valence-electron chi connectivity index (χ2n) is 8.55. The van der Waals surface area contributed by atoms with Crippen molar-refractivity contribution < 1.29 is 9.15 Å². The van der Waals surface area contributed by atoms with E-state index in [1.54, 1.807) is 0 Å². The Kier molecular flexibility index (Phi) is 4.18. The summed E-state index contributed by atoms with van der Waals surface area (Å²) in [5, 5.41) is 2.29. The summed E-state index contributed by atoms with van der Waals surface area (Å²) in [6.07, 6.45) is 0. The number of hydrogen-bond acceptors (Lipinski definition) is 2. The predicted octanol–water partition coefficient (Wildman–Crippen LogP) is 9.21. The van der Waals surface area contributed by atoms with Gasteiger partial charge in [0.05, 0.1) is 0 Å². The van der Waals surface area contributed by atoms with Gasteiger partial charge in [-0.2, -0.15) is 0 Å². The van der Waals surface area contributed by atoms with Crippen molar-refractivity contribution in [3.05, 3.63) is 121 Å². The SMILES string of the molecule is c1ccc(-c2ccccc2-c2ccc(-c3cc4c5c(cccc5c3)Oc3ccccc3-4)o2)cc1. The van der Waals surface area contributed by atoms with Crippen LogP contribution in [-0.4, -0.2) is 0 Å². The van der Waals surface area contributed by atoms with Crippen LogP contribution in [-0.2, 0) is 0 Å². The van der Waals surface area contributed by atoms with Gasteiger partial charge in [0.25, 0.3) is 0 Å². The number of furan rings is 1. The van der Waals surface area contributed by atoms with Crippen LogP contribution in [0.3, 0.4) is 0 Å². The average molecular weight is 437 g/mol. The molecule has 160 valence electrons. The first kappa shape index (κ1) is 19.0. The first-order valence-corrected chi connectivity index (χ1v) is 11.4. The fraction of sp³-hybridized carbons (Fsp3) is 0. The van der Waals surface area contributed by atoms with Gasteiger partial charge in [-0.3, -0.25) is 0 Å². The molecule has 0 saturated heterocycles. The van der Waals surface area contributed by atoms with Gasteiger partial charge in [-0.1, -0.05) is 84.9 Å². The second-order valence-corrected chi connectivity index (χ2v) is 8.55. The fourth-order valence-electron chi connectivity index (χ4n) is 4.94. The van der Waals surface area contributed by atoms with Gasteiger partial charge in [0, 0.05) is 22.1 Å². The van der Waals surface area contributed by atoms with Crippen molar-refractivity contribution in [1.82, 2.24) is 0 Å². The molecule has 0 amide bonds. The molecule has 1 aliphatic heterocycles. The zero-order chi connectivity index (χ0) is 22.5. The standard InChI is InChI=1S/C32H20O2/c1-2-9-21(10-3-1)24-12-4-5-13-25(24)30-18-17-28(33-30)23-19-22-11-8-16-31-32(22)27(20-23)26-14-6-7-15-29(26)34-31/h1-20H. The summed E-state index contributed by atoms with van der Waals surface area (Å²) in [5.41, 5.74) is 6.76. The van der Waals surface area contributed by atoms with E-state index in [9.17, 15) is 0 Å². The summed E-state index contributed by atoms with van der Waals surface area (Å²) in [6, 6.07) is 41.8. The quantitative estimate of drug-likeness (QED) is 0.275. The van der Waals surface area contributed by atoms with Crippen LogP contribution in [0.15, 0.2) is 126 Å². The number of ether oxygens (including phenoxy) is 1. The van der Waals surface area contributed by atoms with Crippen molar-refractivity contribution >= 4 is 10.8 Å². The summed E-state index contributed by atoms with van der Waals surface area (Å²) in [6.45, 7) is 0. The smallest absolute Gasteiger partial charge is 0.135 e. The van der Waals surface area contributed by atoms with Crippen molar-refractivity contribution in [2.45, 2.75) is 0 Å². The highest BCUT2D eigenvalue weighted by atomic mass is 16.5. The number of fused-ring (bicyclic) bond motifs is 2. The Bertz CT molecular complexity index is 1670. The van der Waals surface area contributed by atoms with E-state index in [1.165, 1.54) is 11.1 Å². The molecule has 0 spiro atoms. The molecule has 0 unspecified atom stereocenters. The molecule has 2 nitrogen and oxygen atoms in total. The highest BCUT2D eigenvalue weighted by Gasteiger charge is 2.21. The van der Waals surface area contributed by atoms with Crippen LogP contribution in [0.25, 0.3) is 55.7 Å². The van der Waals surface area contributed by atoms with E-state index >= 15 is 0 Å². The lowest BCUT2D eigenvalue weighted by molar-refractivity contribution is 0.487. The Labute approximate surface area is 197 Å². The Morgan fingerprint density at radius 1 is 0.412 bits per heavy atom. The lowest BCUT2D eigenvalue weighted by atomic mass is 9.92. The van der Waals surface area contributed by atoms with E-state index in [4.69, 9.17) is 9.15 Å². The first-order valence-electron chi connectivity index (χ1n) is 11.4. The molecule has 5 aromatic carbocycles. The highest BCUT2D eigenvalue weighted by molar-refractivity contribution is 6.06. The maximum Gasteiger partial charge on any atom is 0.135 e. The van der Waals surface area contributed by atoms with Crippen LogP contribution in [0.2, 0.25) is 0 Å². The zero-order valence-electron chi connectivity index (χ0n) is 18.4. The van der Waals surface area contributed by atoms with Gasteiger partial charge >= 0.3 is 0 Å². The van der Waals surface area contributed by atoms with Crippen molar-refractivity contribution in [1.29, 1.82) is 0 Å². The largest absolute Gasteiger partial charge is 0.456 e. The van der Waals surface area contributed by atoms with Crippen LogP contribution in [0.5, 0.6) is 11.5 Å². The summed E-state index contributed by atoms with van der Waals surface area (Å²) < 4.78 is 12.7. The molecule has 0 radical (unpaired) electrons. The van der Waals surface area contributed by atoms with Gasteiger partial charge in [0.2, 0.25) is 0 Å². The molecular weight excluding hydrogens is 416 g/mol. The molecule has 0 fully saturated rings. The zero-order valence-corrected chi connectivity index (χ0v) is 18.4. The van der Waals surface area contributed by atoms with Crippen LogP contribution >= 0.6 is 0 Å². The van der Waals surface area contributed by atoms with Crippen LogP contribution in [0, 0.1) is 0 Å². The highest BCUT2D eigenvalue weighted by Crippen LogP contribution is 2.48. The maximum absolute atomic E-state index is 6.47. The third-order valence-corrected chi connectivity index (χ3v) is 6.50. The Morgan fingerprint density at radius 3 is 2.00 bits per heavy atom. The number of rotatable bonds is 3. The summed E-state index contributed by atoms with van der Waals surface area (Å²) in [4.78, 5) is 0. The number of benzene rings is 5. The van der Waals surface area contributed by atoms with Gasteiger partial charge in [-0.05, 0) is 58.5 Å². The van der Waals surface area contributed by atoms with E-state index in [0.717, 1.165) is 56.0 Å². The normalized spacial score (nSPS) is 11.8. The maximum atomic E-state index is 6.47. The topological polar surface area (TPSA) is 22.4 Å². The molecule has 0 bridgehead atoms. The van der Waals surface area contributed by atoms with E-state index in [-0.39, 0.29) is 0 Å². The molecule has 0 atom stereocenters. The minimum absolute atomic E-state index is 0.852. The van der Waals surface area contributed by atoms with Gasteiger partial charge in [0.1, 0.15) is 23.0 Å². The second kappa shape index (κ2) is 7.50. The third-order valence-electron chi connectivity index (χ3n) is 6.50. The predicted molar refractivity (Wildman–Crippen MR) is 138 cm³/mol. The van der Waals surface area contributed by atoms with Crippen LogP contribution in [0.1, 0.15) is 0 Å². The molecule has 1 aromatic heterocycles. The van der Waals surface area contributed by atoms with E-state index in [2.05, 4.69) is 91.0 Å². The molecule has 7 rings (SSSR count). The summed E-state index contributed by atoms with van der Waals surface area (Å²) >= 11 is 0. The number of hydrogen-bond donors (Lipinski definition) is 0. The molecule has 0 saturated carbocycles. The molecule has 6 aromatic rings. The van der Waals surface area contributed by atoms with E-state index < -0.39 is 0 Å². The third kappa shape index (κ3) is 2.96. The van der Waals surface area contributed by atoms with Crippen molar-refractivity contribution in [3.63, 3.8) is 0 Å². The van der Waals surface area contributed by atoms with Gasteiger partial charge in [-0.25, -0.2) is 0 Å². The molecule has 34 heavy (non-hydrogen) atoms. The Morgan fingerprint density at radius 2 is 1.12 bits per heavy atom. The van der Waals surface area contributed by atoms with Crippen molar-refractivity contribution in [2.24, 2.45) is 0 Å². The minimum Gasteiger partial charge on any atom is -0.456 e. The lowest BCUT2D eigenvalue weighted by Gasteiger charge is -2.21. The van der Waals surface area contributed by atoms with Crippen molar-refractivity contribution in [3.8, 4) is 56.4 Å². The molecule has 1 aliphatic rings.